The zero-order valence-corrected chi connectivity index (χ0v) is 11.1. The lowest BCUT2D eigenvalue weighted by Gasteiger charge is -2.00. The predicted molar refractivity (Wildman–Crippen MR) is 72.6 cm³/mol. The van der Waals surface area contributed by atoms with E-state index in [1.54, 1.807) is 0 Å². The van der Waals surface area contributed by atoms with Crippen LogP contribution in [0.3, 0.4) is 0 Å². The molecule has 1 amide bonds. The van der Waals surface area contributed by atoms with Crippen molar-refractivity contribution in [3.63, 3.8) is 0 Å². The standard InChI is InChI=1S/C13H12N2O3S/c1-2-12(16)15-13-14-9(6-19-13)8-3-4-10-11(5-8)18-7-17-10/h3-6H,2,7H2,1H3,(H,14,15,16). The van der Waals surface area contributed by atoms with Gasteiger partial charge in [0.15, 0.2) is 16.6 Å². The third-order valence-electron chi connectivity index (χ3n) is 2.74. The van der Waals surface area contributed by atoms with Gasteiger partial charge >= 0.3 is 0 Å². The van der Waals surface area contributed by atoms with Gasteiger partial charge in [-0.15, -0.1) is 11.3 Å². The Labute approximate surface area is 114 Å². The number of fused-ring (bicyclic) bond motifs is 1. The van der Waals surface area contributed by atoms with Crippen LogP contribution in [0.2, 0.25) is 0 Å². The average Bonchev–Trinajstić information content (AvgIpc) is 3.05. The second-order valence-electron chi connectivity index (χ2n) is 4.01. The number of rotatable bonds is 3. The Kier molecular flexibility index (Phi) is 3.08. The highest BCUT2D eigenvalue weighted by atomic mass is 32.1. The fraction of sp³-hybridized carbons (Fsp3) is 0.231. The first-order valence-electron chi connectivity index (χ1n) is 5.91. The quantitative estimate of drug-likeness (QED) is 0.936. The van der Waals surface area contributed by atoms with Crippen molar-refractivity contribution in [1.82, 2.24) is 4.98 Å². The smallest absolute Gasteiger partial charge is 0.231 e. The maximum Gasteiger partial charge on any atom is 0.231 e. The molecule has 1 aromatic heterocycles. The van der Waals surface area contributed by atoms with Crippen molar-refractivity contribution in [3.05, 3.63) is 23.6 Å². The lowest BCUT2D eigenvalue weighted by Crippen LogP contribution is -2.08. The number of carbonyl (C=O) groups is 1. The first-order valence-corrected chi connectivity index (χ1v) is 6.79. The Balaban J connectivity index is 1.84. The summed E-state index contributed by atoms with van der Waals surface area (Å²) >= 11 is 1.41. The molecule has 0 bridgehead atoms. The van der Waals surface area contributed by atoms with E-state index in [0.29, 0.717) is 11.6 Å². The summed E-state index contributed by atoms with van der Waals surface area (Å²) in [5, 5.41) is 5.26. The van der Waals surface area contributed by atoms with Gasteiger partial charge in [-0.1, -0.05) is 6.92 Å². The van der Waals surface area contributed by atoms with Gasteiger partial charge in [-0.05, 0) is 18.2 Å². The number of hydrogen-bond donors (Lipinski definition) is 1. The number of carbonyl (C=O) groups excluding carboxylic acids is 1. The highest BCUT2D eigenvalue weighted by Gasteiger charge is 2.15. The third kappa shape index (κ3) is 2.39. The van der Waals surface area contributed by atoms with Gasteiger partial charge < -0.3 is 14.8 Å². The summed E-state index contributed by atoms with van der Waals surface area (Å²) in [6.07, 6.45) is 0.443. The molecule has 0 aliphatic carbocycles. The summed E-state index contributed by atoms with van der Waals surface area (Å²) < 4.78 is 10.6. The molecule has 0 saturated carbocycles. The zero-order chi connectivity index (χ0) is 13.2. The van der Waals surface area contributed by atoms with E-state index in [-0.39, 0.29) is 12.7 Å². The van der Waals surface area contributed by atoms with Gasteiger partial charge in [-0.2, -0.15) is 0 Å². The number of nitrogens with zero attached hydrogens (tertiary/aromatic N) is 1. The maximum absolute atomic E-state index is 11.3. The van der Waals surface area contributed by atoms with Crippen molar-refractivity contribution in [3.8, 4) is 22.8 Å². The number of hydrogen-bond acceptors (Lipinski definition) is 5. The highest BCUT2D eigenvalue weighted by Crippen LogP contribution is 2.36. The van der Waals surface area contributed by atoms with Gasteiger partial charge in [0.1, 0.15) is 0 Å². The molecule has 5 nitrogen and oxygen atoms in total. The highest BCUT2D eigenvalue weighted by molar-refractivity contribution is 7.14. The molecule has 6 heteroatoms. The molecule has 1 aliphatic rings. The molecule has 98 valence electrons. The van der Waals surface area contributed by atoms with E-state index in [2.05, 4.69) is 10.3 Å². The van der Waals surface area contributed by atoms with Gasteiger partial charge in [0.05, 0.1) is 5.69 Å². The summed E-state index contributed by atoms with van der Waals surface area (Å²) in [5.74, 6) is 1.44. The molecule has 1 N–H and O–H groups in total. The molecule has 0 atom stereocenters. The first-order chi connectivity index (χ1) is 9.26. The van der Waals surface area contributed by atoms with Crippen LogP contribution in [0.4, 0.5) is 5.13 Å². The Morgan fingerprint density at radius 3 is 3.11 bits per heavy atom. The van der Waals surface area contributed by atoms with Crippen molar-refractivity contribution < 1.29 is 14.3 Å². The molecule has 0 spiro atoms. The number of benzene rings is 1. The van der Waals surface area contributed by atoms with Crippen molar-refractivity contribution >= 4 is 22.4 Å². The number of nitrogens with one attached hydrogen (secondary N) is 1. The lowest BCUT2D eigenvalue weighted by molar-refractivity contribution is -0.115. The molecule has 0 fully saturated rings. The van der Waals surface area contributed by atoms with Crippen molar-refractivity contribution in [2.45, 2.75) is 13.3 Å². The monoisotopic (exact) mass is 276 g/mol. The van der Waals surface area contributed by atoms with Crippen LogP contribution in [-0.4, -0.2) is 17.7 Å². The number of amides is 1. The second kappa shape index (κ2) is 4.89. The van der Waals surface area contributed by atoms with Crippen LogP contribution in [0.5, 0.6) is 11.5 Å². The molecule has 0 unspecified atom stereocenters. The lowest BCUT2D eigenvalue weighted by atomic mass is 10.1. The van der Waals surface area contributed by atoms with Crippen molar-refractivity contribution in [2.75, 3.05) is 12.1 Å². The molecule has 1 aromatic carbocycles. The van der Waals surface area contributed by atoms with Crippen LogP contribution < -0.4 is 14.8 Å². The number of aromatic nitrogens is 1. The molecule has 2 heterocycles. The third-order valence-corrected chi connectivity index (χ3v) is 3.50. The van der Waals surface area contributed by atoms with Crippen LogP contribution >= 0.6 is 11.3 Å². The molecule has 19 heavy (non-hydrogen) atoms. The topological polar surface area (TPSA) is 60.5 Å². The normalized spacial score (nSPS) is 12.5. The Morgan fingerprint density at radius 2 is 2.26 bits per heavy atom. The molecule has 3 rings (SSSR count). The summed E-state index contributed by atoms with van der Waals surface area (Å²) in [4.78, 5) is 15.7. The van der Waals surface area contributed by atoms with Crippen LogP contribution in [0.25, 0.3) is 11.3 Å². The van der Waals surface area contributed by atoms with Crippen LogP contribution in [-0.2, 0) is 4.79 Å². The fourth-order valence-corrected chi connectivity index (χ4v) is 2.46. The van der Waals surface area contributed by atoms with E-state index in [1.807, 2.05) is 30.5 Å². The van der Waals surface area contributed by atoms with Gasteiger partial charge in [0, 0.05) is 17.4 Å². The Bertz CT molecular complexity index is 624. The van der Waals surface area contributed by atoms with Gasteiger partial charge in [0.25, 0.3) is 0 Å². The van der Waals surface area contributed by atoms with E-state index < -0.39 is 0 Å². The Morgan fingerprint density at radius 1 is 1.42 bits per heavy atom. The van der Waals surface area contributed by atoms with Crippen molar-refractivity contribution in [2.24, 2.45) is 0 Å². The molecular formula is C13H12N2O3S. The summed E-state index contributed by atoms with van der Waals surface area (Å²) in [5.41, 5.74) is 1.76. The van der Waals surface area contributed by atoms with E-state index in [0.717, 1.165) is 22.8 Å². The summed E-state index contributed by atoms with van der Waals surface area (Å²) in [6, 6.07) is 5.68. The fourth-order valence-electron chi connectivity index (χ4n) is 1.73. The van der Waals surface area contributed by atoms with Crippen LogP contribution in [0.15, 0.2) is 23.6 Å². The van der Waals surface area contributed by atoms with Gasteiger partial charge in [0.2, 0.25) is 12.7 Å². The Hall–Kier alpha value is -2.08. The van der Waals surface area contributed by atoms with Crippen LogP contribution in [0.1, 0.15) is 13.3 Å². The minimum atomic E-state index is -0.0356. The molecule has 0 radical (unpaired) electrons. The zero-order valence-electron chi connectivity index (χ0n) is 10.3. The predicted octanol–water partition coefficient (Wildman–Crippen LogP) is 2.89. The summed E-state index contributed by atoms with van der Waals surface area (Å²) in [7, 11) is 0. The minimum Gasteiger partial charge on any atom is -0.454 e. The number of thiazole rings is 1. The molecule has 1 aliphatic heterocycles. The maximum atomic E-state index is 11.3. The van der Waals surface area contributed by atoms with Crippen LogP contribution in [0, 0.1) is 0 Å². The van der Waals surface area contributed by atoms with Gasteiger partial charge in [-0.3, -0.25) is 4.79 Å². The van der Waals surface area contributed by atoms with E-state index in [1.165, 1.54) is 11.3 Å². The SMILES string of the molecule is CCC(=O)Nc1nc(-c2ccc3c(c2)OCO3)cs1. The van der Waals surface area contributed by atoms with E-state index in [9.17, 15) is 4.79 Å². The minimum absolute atomic E-state index is 0.0356. The van der Waals surface area contributed by atoms with E-state index >= 15 is 0 Å². The molecule has 2 aromatic rings. The molecular weight excluding hydrogens is 264 g/mol. The number of ether oxygens (including phenoxy) is 2. The van der Waals surface area contributed by atoms with E-state index in [4.69, 9.17) is 9.47 Å². The second-order valence-corrected chi connectivity index (χ2v) is 4.87. The summed E-state index contributed by atoms with van der Waals surface area (Å²) in [6.45, 7) is 2.06. The molecule has 0 saturated heterocycles. The first kappa shape index (κ1) is 12.0. The largest absolute Gasteiger partial charge is 0.454 e. The van der Waals surface area contributed by atoms with Crippen molar-refractivity contribution in [1.29, 1.82) is 0 Å². The number of anilines is 1. The van der Waals surface area contributed by atoms with Gasteiger partial charge in [-0.25, -0.2) is 4.98 Å². The average molecular weight is 276 g/mol.